The first-order chi connectivity index (χ1) is 7.86. The van der Waals surface area contributed by atoms with E-state index in [-0.39, 0.29) is 0 Å². The molecule has 1 aromatic rings. The van der Waals surface area contributed by atoms with Crippen LogP contribution in [0.1, 0.15) is 44.2 Å². The predicted octanol–water partition coefficient (Wildman–Crippen LogP) is 2.48. The lowest BCUT2D eigenvalue weighted by Gasteiger charge is -2.16. The summed E-state index contributed by atoms with van der Waals surface area (Å²) in [4.78, 5) is 4.30. The smallest absolute Gasteiger partial charge is 0.0770 e. The molecule has 2 rings (SSSR count). The van der Waals surface area contributed by atoms with Crippen molar-refractivity contribution in [3.05, 3.63) is 24.0 Å². The van der Waals surface area contributed by atoms with Crippen LogP contribution in [0, 0.1) is 0 Å². The lowest BCUT2D eigenvalue weighted by Crippen LogP contribution is -2.28. The number of nitrogens with two attached hydrogens (primary N) is 1. The van der Waals surface area contributed by atoms with E-state index in [1.165, 1.54) is 38.5 Å². The number of nitrogens with zero attached hydrogens (tertiary/aromatic N) is 1. The van der Waals surface area contributed by atoms with Crippen LogP contribution in [-0.4, -0.2) is 11.0 Å². The molecule has 0 aromatic carbocycles. The van der Waals surface area contributed by atoms with Gasteiger partial charge in [-0.25, -0.2) is 0 Å². The van der Waals surface area contributed by atoms with Gasteiger partial charge in [-0.1, -0.05) is 25.7 Å². The van der Waals surface area contributed by atoms with Crippen molar-refractivity contribution < 1.29 is 0 Å². The summed E-state index contributed by atoms with van der Waals surface area (Å²) in [6.07, 6.45) is 9.90. The summed E-state index contributed by atoms with van der Waals surface area (Å²) in [6, 6.07) is 4.45. The zero-order chi connectivity index (χ0) is 11.2. The Morgan fingerprint density at radius 3 is 2.69 bits per heavy atom. The average molecular weight is 219 g/mol. The summed E-state index contributed by atoms with van der Waals surface area (Å²) in [5.74, 6) is 0. The van der Waals surface area contributed by atoms with Crippen molar-refractivity contribution in [1.82, 2.24) is 10.3 Å². The van der Waals surface area contributed by atoms with Gasteiger partial charge in [0.15, 0.2) is 0 Å². The Morgan fingerprint density at radius 2 is 2.00 bits per heavy atom. The summed E-state index contributed by atoms with van der Waals surface area (Å²) in [5, 5.41) is 3.58. The van der Waals surface area contributed by atoms with Crippen LogP contribution in [-0.2, 0) is 6.54 Å². The van der Waals surface area contributed by atoms with Crippen molar-refractivity contribution in [2.24, 2.45) is 0 Å². The maximum absolute atomic E-state index is 5.86. The molecule has 88 valence electrons. The van der Waals surface area contributed by atoms with Gasteiger partial charge in [0.05, 0.1) is 11.4 Å². The van der Waals surface area contributed by atoms with Crippen LogP contribution in [0.5, 0.6) is 0 Å². The van der Waals surface area contributed by atoms with Gasteiger partial charge in [-0.15, -0.1) is 0 Å². The first-order valence-corrected chi connectivity index (χ1v) is 6.29. The van der Waals surface area contributed by atoms with E-state index in [9.17, 15) is 0 Å². The van der Waals surface area contributed by atoms with Crippen molar-refractivity contribution in [1.29, 1.82) is 0 Å². The normalized spacial score (nSPS) is 18.2. The molecule has 0 atom stereocenters. The van der Waals surface area contributed by atoms with Crippen molar-refractivity contribution in [2.75, 3.05) is 5.73 Å². The van der Waals surface area contributed by atoms with E-state index in [1.54, 1.807) is 6.20 Å². The maximum Gasteiger partial charge on any atom is 0.0770 e. The van der Waals surface area contributed by atoms with Gasteiger partial charge >= 0.3 is 0 Å². The molecule has 3 N–H and O–H groups in total. The first-order valence-electron chi connectivity index (χ1n) is 6.29. The standard InChI is InChI=1S/C13H21N3/c14-12-8-5-9-15-13(12)10-16-11-6-3-1-2-4-7-11/h5,8-9,11,16H,1-4,6-7,10,14H2. The lowest BCUT2D eigenvalue weighted by molar-refractivity contribution is 0.456. The third-order valence-corrected chi connectivity index (χ3v) is 3.34. The van der Waals surface area contributed by atoms with Crippen molar-refractivity contribution in [2.45, 2.75) is 51.1 Å². The minimum Gasteiger partial charge on any atom is -0.397 e. The number of nitrogen functional groups attached to an aromatic ring is 1. The topological polar surface area (TPSA) is 50.9 Å². The third kappa shape index (κ3) is 3.20. The highest BCUT2D eigenvalue weighted by Crippen LogP contribution is 2.18. The van der Waals surface area contributed by atoms with E-state index in [2.05, 4.69) is 10.3 Å². The molecule has 1 aliphatic carbocycles. The van der Waals surface area contributed by atoms with Gasteiger partial charge in [0.1, 0.15) is 0 Å². The minimum atomic E-state index is 0.656. The Labute approximate surface area is 97.5 Å². The molecule has 1 saturated carbocycles. The highest BCUT2D eigenvalue weighted by molar-refractivity contribution is 5.41. The zero-order valence-electron chi connectivity index (χ0n) is 9.78. The van der Waals surface area contributed by atoms with Crippen LogP contribution in [0.15, 0.2) is 18.3 Å². The number of aromatic nitrogens is 1. The Morgan fingerprint density at radius 1 is 1.25 bits per heavy atom. The fourth-order valence-corrected chi connectivity index (χ4v) is 2.32. The molecule has 3 nitrogen and oxygen atoms in total. The van der Waals surface area contributed by atoms with E-state index in [1.807, 2.05) is 12.1 Å². The SMILES string of the molecule is Nc1cccnc1CNC1CCCCCC1. The predicted molar refractivity (Wildman–Crippen MR) is 67.0 cm³/mol. The minimum absolute atomic E-state index is 0.656. The van der Waals surface area contributed by atoms with Crippen molar-refractivity contribution >= 4 is 5.69 Å². The highest BCUT2D eigenvalue weighted by atomic mass is 14.9. The fraction of sp³-hybridized carbons (Fsp3) is 0.615. The van der Waals surface area contributed by atoms with Gasteiger partial charge in [-0.3, -0.25) is 4.98 Å². The third-order valence-electron chi connectivity index (χ3n) is 3.34. The molecule has 1 fully saturated rings. The van der Waals surface area contributed by atoms with Gasteiger partial charge < -0.3 is 11.1 Å². The number of nitrogens with one attached hydrogen (secondary N) is 1. The number of rotatable bonds is 3. The van der Waals surface area contributed by atoms with Gasteiger partial charge in [-0.05, 0) is 25.0 Å². The van der Waals surface area contributed by atoms with Crippen LogP contribution in [0.2, 0.25) is 0 Å². The second-order valence-corrected chi connectivity index (χ2v) is 4.61. The molecule has 1 aromatic heterocycles. The number of pyridine rings is 1. The van der Waals surface area contributed by atoms with Crippen LogP contribution in [0.4, 0.5) is 5.69 Å². The Hall–Kier alpha value is -1.09. The molecule has 1 aliphatic rings. The molecule has 0 amide bonds. The maximum atomic E-state index is 5.86. The van der Waals surface area contributed by atoms with Crippen LogP contribution in [0.25, 0.3) is 0 Å². The first kappa shape index (κ1) is 11.4. The monoisotopic (exact) mass is 219 g/mol. The molecule has 0 radical (unpaired) electrons. The molecule has 0 bridgehead atoms. The number of hydrogen-bond acceptors (Lipinski definition) is 3. The quantitative estimate of drug-likeness (QED) is 0.768. The molecule has 0 saturated heterocycles. The molecule has 0 spiro atoms. The van der Waals surface area contributed by atoms with Crippen molar-refractivity contribution in [3.8, 4) is 0 Å². The number of hydrogen-bond donors (Lipinski definition) is 2. The second kappa shape index (κ2) is 5.85. The fourth-order valence-electron chi connectivity index (χ4n) is 2.32. The van der Waals surface area contributed by atoms with Gasteiger partial charge in [0.2, 0.25) is 0 Å². The van der Waals surface area contributed by atoms with Gasteiger partial charge in [-0.2, -0.15) is 0 Å². The number of anilines is 1. The molecule has 3 heteroatoms. The summed E-state index contributed by atoms with van der Waals surface area (Å²) in [5.41, 5.74) is 7.64. The molecule has 0 aliphatic heterocycles. The van der Waals surface area contributed by atoms with E-state index in [0.717, 1.165) is 17.9 Å². The largest absolute Gasteiger partial charge is 0.397 e. The Bertz CT molecular complexity index is 317. The Balaban J connectivity index is 1.84. The van der Waals surface area contributed by atoms with E-state index in [0.29, 0.717) is 6.04 Å². The van der Waals surface area contributed by atoms with Gasteiger partial charge in [0, 0.05) is 18.8 Å². The second-order valence-electron chi connectivity index (χ2n) is 4.61. The Kier molecular flexibility index (Phi) is 4.17. The summed E-state index contributed by atoms with van der Waals surface area (Å²) in [7, 11) is 0. The summed E-state index contributed by atoms with van der Waals surface area (Å²) >= 11 is 0. The lowest BCUT2D eigenvalue weighted by atomic mass is 10.1. The van der Waals surface area contributed by atoms with Crippen LogP contribution >= 0.6 is 0 Å². The zero-order valence-corrected chi connectivity index (χ0v) is 9.78. The molecule has 1 heterocycles. The molecule has 16 heavy (non-hydrogen) atoms. The van der Waals surface area contributed by atoms with Crippen LogP contribution in [0.3, 0.4) is 0 Å². The molecular formula is C13H21N3. The summed E-state index contributed by atoms with van der Waals surface area (Å²) < 4.78 is 0. The van der Waals surface area contributed by atoms with E-state index in [4.69, 9.17) is 5.73 Å². The van der Waals surface area contributed by atoms with Crippen LogP contribution < -0.4 is 11.1 Å². The molecular weight excluding hydrogens is 198 g/mol. The molecule has 0 unspecified atom stereocenters. The van der Waals surface area contributed by atoms with Crippen molar-refractivity contribution in [3.63, 3.8) is 0 Å². The highest BCUT2D eigenvalue weighted by Gasteiger charge is 2.11. The average Bonchev–Trinajstić information content (AvgIpc) is 2.56. The van der Waals surface area contributed by atoms with E-state index >= 15 is 0 Å². The van der Waals surface area contributed by atoms with Gasteiger partial charge in [0.25, 0.3) is 0 Å². The van der Waals surface area contributed by atoms with E-state index < -0.39 is 0 Å². The summed E-state index contributed by atoms with van der Waals surface area (Å²) in [6.45, 7) is 0.803.